The lowest BCUT2D eigenvalue weighted by Crippen LogP contribution is -2.15. The molecule has 0 aliphatic heterocycles. The number of rotatable bonds is 8. The van der Waals surface area contributed by atoms with Gasteiger partial charge in [-0.15, -0.1) is 11.3 Å². The summed E-state index contributed by atoms with van der Waals surface area (Å²) in [5.41, 5.74) is 4.27. The van der Waals surface area contributed by atoms with Gasteiger partial charge in [0.25, 0.3) is 0 Å². The molecule has 132 valence electrons. The molecule has 3 rings (SSSR count). The molecule has 0 bridgehead atoms. The fourth-order valence-corrected chi connectivity index (χ4v) is 3.22. The van der Waals surface area contributed by atoms with Crippen LogP contribution in [0, 0.1) is 13.8 Å². The van der Waals surface area contributed by atoms with Gasteiger partial charge in [-0.2, -0.15) is 0 Å². The van der Waals surface area contributed by atoms with Crippen molar-refractivity contribution < 1.29 is 9.47 Å². The molecule has 1 N–H and O–H groups in total. The van der Waals surface area contributed by atoms with E-state index in [1.54, 1.807) is 18.4 Å². The van der Waals surface area contributed by atoms with E-state index in [-0.39, 0.29) is 0 Å². The van der Waals surface area contributed by atoms with Gasteiger partial charge in [0.2, 0.25) is 5.88 Å². The lowest BCUT2D eigenvalue weighted by molar-refractivity contribution is 0.143. The zero-order valence-electron chi connectivity index (χ0n) is 14.8. The van der Waals surface area contributed by atoms with Gasteiger partial charge < -0.3 is 14.8 Å². The molecule has 0 radical (unpaired) electrons. The highest BCUT2D eigenvalue weighted by atomic mass is 32.1. The van der Waals surface area contributed by atoms with E-state index in [1.807, 2.05) is 13.0 Å². The first-order valence-corrected chi connectivity index (χ1v) is 9.17. The smallest absolute Gasteiger partial charge is 0.218 e. The lowest BCUT2D eigenvalue weighted by atomic mass is 10.1. The number of thiazole rings is 1. The van der Waals surface area contributed by atoms with E-state index in [0.717, 1.165) is 33.7 Å². The van der Waals surface area contributed by atoms with Crippen LogP contribution >= 0.6 is 11.3 Å². The quantitative estimate of drug-likeness (QED) is 0.624. The summed E-state index contributed by atoms with van der Waals surface area (Å²) < 4.78 is 10.9. The van der Waals surface area contributed by atoms with Crippen molar-refractivity contribution in [2.24, 2.45) is 0 Å². The van der Waals surface area contributed by atoms with E-state index in [2.05, 4.69) is 45.8 Å². The molecule has 0 spiro atoms. The Kier molecular flexibility index (Phi) is 5.96. The molecule has 2 heterocycles. The molecular weight excluding hydrogens is 334 g/mol. The minimum atomic E-state index is 0.485. The minimum absolute atomic E-state index is 0.485. The second kappa shape index (κ2) is 8.38. The number of methoxy groups -OCH3 is 1. The molecule has 0 unspecified atom stereocenters. The van der Waals surface area contributed by atoms with Gasteiger partial charge in [-0.1, -0.05) is 11.6 Å². The number of hydrogen-bond acceptors (Lipinski definition) is 6. The van der Waals surface area contributed by atoms with Gasteiger partial charge >= 0.3 is 0 Å². The van der Waals surface area contributed by atoms with Crippen LogP contribution in [0.2, 0.25) is 0 Å². The van der Waals surface area contributed by atoms with E-state index < -0.39 is 0 Å². The molecule has 2 aromatic heterocycles. The van der Waals surface area contributed by atoms with Gasteiger partial charge in [0.1, 0.15) is 6.61 Å². The van der Waals surface area contributed by atoms with E-state index in [4.69, 9.17) is 9.47 Å². The van der Waals surface area contributed by atoms with E-state index >= 15 is 0 Å². The molecule has 1 aromatic carbocycles. The van der Waals surface area contributed by atoms with Crippen LogP contribution < -0.4 is 10.1 Å². The fraction of sp³-hybridized carbons (Fsp3) is 0.368. The Labute approximate surface area is 152 Å². The predicted octanol–water partition coefficient (Wildman–Crippen LogP) is 3.62. The van der Waals surface area contributed by atoms with Crippen LogP contribution in [0.25, 0.3) is 10.9 Å². The van der Waals surface area contributed by atoms with Crippen molar-refractivity contribution in [3.8, 4) is 5.88 Å². The summed E-state index contributed by atoms with van der Waals surface area (Å²) in [5.74, 6) is 0.662. The molecule has 0 amide bonds. The Morgan fingerprint density at radius 1 is 1.08 bits per heavy atom. The zero-order chi connectivity index (χ0) is 17.6. The van der Waals surface area contributed by atoms with Gasteiger partial charge in [-0.05, 0) is 32.0 Å². The molecule has 5 nitrogen and oxygen atoms in total. The average molecular weight is 357 g/mol. The third-order valence-corrected chi connectivity index (χ3v) is 4.65. The normalized spacial score (nSPS) is 11.2. The summed E-state index contributed by atoms with van der Waals surface area (Å²) in [7, 11) is 1.66. The number of aryl methyl sites for hydroxylation is 2. The van der Waals surface area contributed by atoms with Crippen molar-refractivity contribution in [2.75, 3.05) is 20.3 Å². The maximum absolute atomic E-state index is 5.83. The number of pyridine rings is 1. The third kappa shape index (κ3) is 4.75. The number of fused-ring (bicyclic) bond motifs is 1. The number of ether oxygens (including phenoxy) is 2. The molecular formula is C19H23N3O2S. The van der Waals surface area contributed by atoms with Crippen LogP contribution in [0.5, 0.6) is 5.88 Å². The van der Waals surface area contributed by atoms with Crippen molar-refractivity contribution >= 4 is 22.2 Å². The number of hydrogen-bond donors (Lipinski definition) is 1. The highest BCUT2D eigenvalue weighted by Crippen LogP contribution is 2.23. The van der Waals surface area contributed by atoms with Gasteiger partial charge in [0, 0.05) is 36.5 Å². The van der Waals surface area contributed by atoms with E-state index in [1.165, 1.54) is 5.56 Å². The molecule has 0 aliphatic rings. The molecule has 0 atom stereocenters. The zero-order valence-corrected chi connectivity index (χ0v) is 15.7. The maximum atomic E-state index is 5.83. The number of aromatic nitrogens is 2. The molecule has 0 saturated heterocycles. The van der Waals surface area contributed by atoms with Crippen LogP contribution in [-0.2, 0) is 17.8 Å². The highest BCUT2D eigenvalue weighted by molar-refractivity contribution is 7.09. The molecule has 0 saturated carbocycles. The van der Waals surface area contributed by atoms with Crippen LogP contribution in [0.4, 0.5) is 0 Å². The predicted molar refractivity (Wildman–Crippen MR) is 101 cm³/mol. The van der Waals surface area contributed by atoms with Crippen molar-refractivity contribution in [3.63, 3.8) is 0 Å². The average Bonchev–Trinajstić information content (AvgIpc) is 3.00. The first kappa shape index (κ1) is 17.8. The third-order valence-electron chi connectivity index (χ3n) is 3.82. The van der Waals surface area contributed by atoms with Crippen molar-refractivity contribution in [1.82, 2.24) is 15.3 Å². The van der Waals surface area contributed by atoms with E-state index in [9.17, 15) is 0 Å². The van der Waals surface area contributed by atoms with Crippen molar-refractivity contribution in [3.05, 3.63) is 51.5 Å². The maximum Gasteiger partial charge on any atom is 0.218 e. The first-order valence-electron chi connectivity index (χ1n) is 8.29. The van der Waals surface area contributed by atoms with Crippen LogP contribution in [-0.4, -0.2) is 30.3 Å². The fourth-order valence-electron chi connectivity index (χ4n) is 2.61. The van der Waals surface area contributed by atoms with Gasteiger partial charge in [0.15, 0.2) is 0 Å². The number of nitrogens with one attached hydrogen (secondary N) is 1. The Balaban J connectivity index is 1.77. The summed E-state index contributed by atoms with van der Waals surface area (Å²) >= 11 is 1.67. The summed E-state index contributed by atoms with van der Waals surface area (Å²) in [4.78, 5) is 9.17. The Bertz CT molecular complexity index is 848. The topological polar surface area (TPSA) is 56.3 Å². The molecule has 25 heavy (non-hydrogen) atoms. The Hall–Kier alpha value is -2.02. The van der Waals surface area contributed by atoms with Crippen LogP contribution in [0.15, 0.2) is 29.6 Å². The second-order valence-corrected chi connectivity index (χ2v) is 7.01. The summed E-state index contributed by atoms with van der Waals surface area (Å²) in [6, 6.07) is 8.39. The highest BCUT2D eigenvalue weighted by Gasteiger charge is 2.09. The molecule has 0 fully saturated rings. The van der Waals surface area contributed by atoms with E-state index in [0.29, 0.717) is 25.6 Å². The largest absolute Gasteiger partial charge is 0.475 e. The second-order valence-electron chi connectivity index (χ2n) is 5.95. The standard InChI is InChI=1S/C19H23N3O2S/c1-13-4-5-18-15(8-13)9-16(19(22-18)24-7-6-23-3)10-20-11-17-12-25-14(2)21-17/h4-5,8-9,12,20H,6-7,10-11H2,1-3H3. The van der Waals surface area contributed by atoms with Crippen molar-refractivity contribution in [2.45, 2.75) is 26.9 Å². The summed E-state index contributed by atoms with van der Waals surface area (Å²) in [6.45, 7) is 6.54. The summed E-state index contributed by atoms with van der Waals surface area (Å²) in [5, 5.41) is 7.73. The van der Waals surface area contributed by atoms with Crippen LogP contribution in [0.3, 0.4) is 0 Å². The molecule has 0 aliphatic carbocycles. The van der Waals surface area contributed by atoms with Gasteiger partial charge in [-0.25, -0.2) is 9.97 Å². The lowest BCUT2D eigenvalue weighted by Gasteiger charge is -2.13. The van der Waals surface area contributed by atoms with Gasteiger partial charge in [-0.3, -0.25) is 0 Å². The minimum Gasteiger partial charge on any atom is -0.475 e. The number of nitrogens with zero attached hydrogens (tertiary/aromatic N) is 2. The van der Waals surface area contributed by atoms with Crippen LogP contribution in [0.1, 0.15) is 21.8 Å². The molecule has 3 aromatic rings. The monoisotopic (exact) mass is 357 g/mol. The first-order chi connectivity index (χ1) is 12.2. The Morgan fingerprint density at radius 2 is 1.96 bits per heavy atom. The summed E-state index contributed by atoms with van der Waals surface area (Å²) in [6.07, 6.45) is 0. The number of benzene rings is 1. The SMILES string of the molecule is COCCOc1nc2ccc(C)cc2cc1CNCc1csc(C)n1. The van der Waals surface area contributed by atoms with Crippen molar-refractivity contribution in [1.29, 1.82) is 0 Å². The van der Waals surface area contributed by atoms with Gasteiger partial charge in [0.05, 0.1) is 22.8 Å². The molecule has 6 heteroatoms. The Morgan fingerprint density at radius 3 is 2.72 bits per heavy atom.